The molecule has 1 saturated heterocycles. The average Bonchev–Trinajstić information content (AvgIpc) is 2.84. The maximum Gasteiger partial charge on any atom is 0.315 e. The van der Waals surface area contributed by atoms with Gasteiger partial charge in [-0.15, -0.1) is 0 Å². The first-order valence-corrected chi connectivity index (χ1v) is 11.0. The van der Waals surface area contributed by atoms with Crippen LogP contribution in [0, 0.1) is 29.1 Å². The Kier molecular flexibility index (Phi) is 6.16. The average molecular weight is 363 g/mol. The van der Waals surface area contributed by atoms with Crippen LogP contribution in [0.2, 0.25) is 0 Å². The smallest absolute Gasteiger partial charge is 0.315 e. The van der Waals surface area contributed by atoms with Crippen molar-refractivity contribution in [2.24, 2.45) is 29.1 Å². The highest BCUT2D eigenvalue weighted by Crippen LogP contribution is 2.56. The van der Waals surface area contributed by atoms with E-state index in [1.807, 2.05) is 0 Å². The van der Waals surface area contributed by atoms with E-state index in [0.29, 0.717) is 23.3 Å². The van der Waals surface area contributed by atoms with Crippen LogP contribution >= 0.6 is 0 Å². The molecular weight excluding hydrogens is 322 g/mol. The van der Waals surface area contributed by atoms with Gasteiger partial charge in [0.05, 0.1) is 12.6 Å². The van der Waals surface area contributed by atoms with Gasteiger partial charge in [0.1, 0.15) is 12.0 Å². The van der Waals surface area contributed by atoms with Gasteiger partial charge in [0.15, 0.2) is 0 Å². The fourth-order valence-corrected chi connectivity index (χ4v) is 5.87. The van der Waals surface area contributed by atoms with Crippen molar-refractivity contribution in [2.45, 2.75) is 91.2 Å². The third-order valence-electron chi connectivity index (χ3n) is 7.55. The number of hydrogen-bond donors (Lipinski definition) is 1. The van der Waals surface area contributed by atoms with Crippen LogP contribution in [-0.4, -0.2) is 24.7 Å². The van der Waals surface area contributed by atoms with Crippen molar-refractivity contribution < 1.29 is 14.8 Å². The topological polar surface area (TPSA) is 42.9 Å². The summed E-state index contributed by atoms with van der Waals surface area (Å²) < 4.78 is 5.88. The number of carbonyl (C=O) groups excluding carboxylic acids is 1. The summed E-state index contributed by atoms with van der Waals surface area (Å²) in [7, 11) is 0. The summed E-state index contributed by atoms with van der Waals surface area (Å²) in [5.41, 5.74) is 1.74. The van der Waals surface area contributed by atoms with E-state index in [-0.39, 0.29) is 18.0 Å². The van der Waals surface area contributed by atoms with Gasteiger partial charge < -0.3 is 10.1 Å². The molecule has 1 heterocycles. The molecule has 26 heavy (non-hydrogen) atoms. The van der Waals surface area contributed by atoms with E-state index in [4.69, 9.17) is 4.74 Å². The lowest BCUT2D eigenvalue weighted by Gasteiger charge is -2.49. The van der Waals surface area contributed by atoms with Crippen LogP contribution in [0.4, 0.5) is 0 Å². The summed E-state index contributed by atoms with van der Waals surface area (Å²) in [6.45, 7) is 14.6. The number of ether oxygens (including phenoxy) is 1. The Labute approximate surface area is 160 Å². The van der Waals surface area contributed by atoms with Gasteiger partial charge in [-0.25, -0.2) is 0 Å². The lowest BCUT2D eigenvalue weighted by molar-refractivity contribution is -0.690. The number of rotatable bonds is 7. The maximum absolute atomic E-state index is 12.6. The highest BCUT2D eigenvalue weighted by molar-refractivity contribution is 5.75. The molecule has 2 N–H and O–H groups in total. The molecule has 3 aliphatic rings. The third-order valence-corrected chi connectivity index (χ3v) is 7.55. The molecule has 0 spiro atoms. The molecule has 1 aliphatic heterocycles. The SMILES string of the molecule is C=C1CCC[C@]2(C)C[C@H]3OC(=O)[C@H](C[NH2+][C@@H](C)CCCC(C)C)[C@H]3C[C@H]12. The largest absolute Gasteiger partial charge is 0.462 e. The Bertz CT molecular complexity index is 528. The van der Waals surface area contributed by atoms with Crippen molar-refractivity contribution in [2.75, 3.05) is 6.54 Å². The number of quaternary nitrogens is 1. The monoisotopic (exact) mass is 362 g/mol. The van der Waals surface area contributed by atoms with Crippen LogP contribution in [0.5, 0.6) is 0 Å². The molecule has 0 aromatic heterocycles. The van der Waals surface area contributed by atoms with E-state index in [0.717, 1.165) is 25.3 Å². The number of fused-ring (bicyclic) bond motifs is 2. The van der Waals surface area contributed by atoms with Gasteiger partial charge in [0, 0.05) is 5.92 Å². The van der Waals surface area contributed by atoms with Crippen molar-refractivity contribution >= 4 is 5.97 Å². The number of esters is 1. The maximum atomic E-state index is 12.6. The predicted octanol–water partition coefficient (Wildman–Crippen LogP) is 4.08. The first-order valence-electron chi connectivity index (χ1n) is 11.0. The van der Waals surface area contributed by atoms with E-state index in [1.165, 1.54) is 44.1 Å². The molecular formula is C23H40NO2+. The lowest BCUT2D eigenvalue weighted by atomic mass is 9.55. The van der Waals surface area contributed by atoms with Crippen LogP contribution in [-0.2, 0) is 9.53 Å². The Hall–Kier alpha value is -0.830. The highest BCUT2D eigenvalue weighted by atomic mass is 16.6. The Morgan fingerprint density at radius 2 is 2.08 bits per heavy atom. The first-order chi connectivity index (χ1) is 12.3. The third kappa shape index (κ3) is 4.18. The summed E-state index contributed by atoms with van der Waals surface area (Å²) in [6, 6.07) is 0.596. The number of carbonyl (C=O) groups is 1. The minimum atomic E-state index is 0.0680. The van der Waals surface area contributed by atoms with Gasteiger partial charge in [-0.2, -0.15) is 0 Å². The molecule has 2 aliphatic carbocycles. The molecule has 2 saturated carbocycles. The van der Waals surface area contributed by atoms with Crippen molar-refractivity contribution in [1.29, 1.82) is 0 Å². The van der Waals surface area contributed by atoms with Crippen LogP contribution in [0.1, 0.15) is 79.1 Å². The van der Waals surface area contributed by atoms with Crippen LogP contribution < -0.4 is 5.32 Å². The zero-order valence-electron chi connectivity index (χ0n) is 17.4. The number of allylic oxidation sites excluding steroid dienone is 1. The van der Waals surface area contributed by atoms with Crippen molar-refractivity contribution in [3.63, 3.8) is 0 Å². The summed E-state index contributed by atoms with van der Waals surface area (Å²) in [6.07, 6.45) is 9.85. The second kappa shape index (κ2) is 8.04. The molecule has 0 aromatic rings. The first kappa shape index (κ1) is 19.9. The summed E-state index contributed by atoms with van der Waals surface area (Å²) in [4.78, 5) is 12.6. The Morgan fingerprint density at radius 3 is 2.81 bits per heavy atom. The lowest BCUT2D eigenvalue weighted by Crippen LogP contribution is -2.90. The van der Waals surface area contributed by atoms with Crippen LogP contribution in [0.3, 0.4) is 0 Å². The quantitative estimate of drug-likeness (QED) is 0.548. The van der Waals surface area contributed by atoms with Crippen LogP contribution in [0.15, 0.2) is 12.2 Å². The fourth-order valence-electron chi connectivity index (χ4n) is 5.87. The molecule has 3 fully saturated rings. The molecule has 0 bridgehead atoms. The van der Waals surface area contributed by atoms with Crippen LogP contribution in [0.25, 0.3) is 0 Å². The number of nitrogens with two attached hydrogens (primary N) is 1. The molecule has 3 nitrogen and oxygen atoms in total. The van der Waals surface area contributed by atoms with Gasteiger partial charge in [0.25, 0.3) is 0 Å². The summed E-state index contributed by atoms with van der Waals surface area (Å²) in [5.74, 6) is 1.95. The number of hydrogen-bond acceptors (Lipinski definition) is 2. The molecule has 0 unspecified atom stereocenters. The normalized spacial score (nSPS) is 38.0. The zero-order valence-corrected chi connectivity index (χ0v) is 17.4. The molecule has 0 radical (unpaired) electrons. The van der Waals surface area contributed by atoms with Crippen molar-refractivity contribution in [3.05, 3.63) is 12.2 Å². The molecule has 6 atom stereocenters. The molecule has 0 aromatic carbocycles. The minimum absolute atomic E-state index is 0.0680. The van der Waals surface area contributed by atoms with E-state index in [9.17, 15) is 4.79 Å². The van der Waals surface area contributed by atoms with Gasteiger partial charge >= 0.3 is 5.97 Å². The predicted molar refractivity (Wildman–Crippen MR) is 106 cm³/mol. The Morgan fingerprint density at radius 1 is 1.31 bits per heavy atom. The second-order valence-electron chi connectivity index (χ2n) is 10.2. The van der Waals surface area contributed by atoms with E-state index in [2.05, 4.69) is 39.6 Å². The van der Waals surface area contributed by atoms with E-state index < -0.39 is 0 Å². The van der Waals surface area contributed by atoms with E-state index in [1.54, 1.807) is 0 Å². The van der Waals surface area contributed by atoms with Gasteiger partial charge in [-0.1, -0.05) is 39.3 Å². The standard InChI is InChI=1S/C23H39NO2/c1-15(2)8-6-10-17(4)24-14-19-18-12-20-16(3)9-7-11-23(20,5)13-21(18)26-22(19)25/h15,17-21,24H,3,6-14H2,1-2,4-5H3/p+1/t17-,18+,19+,20+,21+,23+/m0/s1. The molecule has 0 amide bonds. The second-order valence-corrected chi connectivity index (χ2v) is 10.2. The van der Waals surface area contributed by atoms with E-state index >= 15 is 0 Å². The fraction of sp³-hybridized carbons (Fsp3) is 0.870. The molecule has 3 rings (SSSR count). The van der Waals surface area contributed by atoms with Crippen molar-refractivity contribution in [3.8, 4) is 0 Å². The minimum Gasteiger partial charge on any atom is -0.462 e. The zero-order chi connectivity index (χ0) is 18.9. The Balaban J connectivity index is 1.56. The highest BCUT2D eigenvalue weighted by Gasteiger charge is 2.55. The molecule has 3 heteroatoms. The van der Waals surface area contributed by atoms with Gasteiger partial charge in [-0.05, 0) is 69.1 Å². The summed E-state index contributed by atoms with van der Waals surface area (Å²) >= 11 is 0. The van der Waals surface area contributed by atoms with Gasteiger partial charge in [0.2, 0.25) is 0 Å². The van der Waals surface area contributed by atoms with Gasteiger partial charge in [-0.3, -0.25) is 4.79 Å². The summed E-state index contributed by atoms with van der Waals surface area (Å²) in [5, 5.41) is 2.40. The molecule has 148 valence electrons. The van der Waals surface area contributed by atoms with Crippen molar-refractivity contribution in [1.82, 2.24) is 0 Å².